The highest BCUT2D eigenvalue weighted by Gasteiger charge is 2.09. The Morgan fingerprint density at radius 2 is 2.07 bits per heavy atom. The van der Waals surface area contributed by atoms with Crippen molar-refractivity contribution in [1.29, 1.82) is 5.26 Å². The fourth-order valence-corrected chi connectivity index (χ4v) is 0.919. The standard InChI is InChI=1S/C12H9NO2/c1-2-6-10(9-13)12(14)15-11-7-4-3-5-8-11/h2-8H,1H2. The van der Waals surface area contributed by atoms with Gasteiger partial charge in [0, 0.05) is 0 Å². The van der Waals surface area contributed by atoms with Crippen LogP contribution in [0.2, 0.25) is 0 Å². The van der Waals surface area contributed by atoms with E-state index in [0.29, 0.717) is 5.75 Å². The summed E-state index contributed by atoms with van der Waals surface area (Å²) in [6.45, 7) is 3.40. The van der Waals surface area contributed by atoms with Crippen molar-refractivity contribution in [2.75, 3.05) is 0 Å². The number of esters is 1. The van der Waals surface area contributed by atoms with Crippen LogP contribution in [0.5, 0.6) is 5.75 Å². The van der Waals surface area contributed by atoms with Crippen molar-refractivity contribution in [3.63, 3.8) is 0 Å². The molecule has 0 spiro atoms. The number of para-hydroxylation sites is 1. The average Bonchev–Trinajstić information content (AvgIpc) is 2.27. The summed E-state index contributed by atoms with van der Waals surface area (Å²) in [4.78, 5) is 11.4. The second kappa shape index (κ2) is 5.40. The molecule has 0 heterocycles. The maximum absolute atomic E-state index is 11.4. The fraction of sp³-hybridized carbons (Fsp3) is 0. The molecule has 74 valence electrons. The predicted molar refractivity (Wildman–Crippen MR) is 56.0 cm³/mol. The summed E-state index contributed by atoms with van der Waals surface area (Å²) in [7, 11) is 0. The smallest absolute Gasteiger partial charge is 0.354 e. The van der Waals surface area contributed by atoms with Gasteiger partial charge in [0.05, 0.1) is 0 Å². The van der Waals surface area contributed by atoms with Crippen molar-refractivity contribution in [3.8, 4) is 11.8 Å². The first kappa shape index (κ1) is 10.7. The van der Waals surface area contributed by atoms with Crippen molar-refractivity contribution in [2.45, 2.75) is 0 Å². The van der Waals surface area contributed by atoms with E-state index in [-0.39, 0.29) is 5.57 Å². The Morgan fingerprint density at radius 1 is 1.40 bits per heavy atom. The van der Waals surface area contributed by atoms with Gasteiger partial charge in [0.2, 0.25) is 0 Å². The lowest BCUT2D eigenvalue weighted by molar-refractivity contribution is -0.129. The van der Waals surface area contributed by atoms with Gasteiger partial charge in [0.25, 0.3) is 0 Å². The van der Waals surface area contributed by atoms with Gasteiger partial charge in [0.15, 0.2) is 0 Å². The Kier molecular flexibility index (Phi) is 3.87. The third kappa shape index (κ3) is 3.12. The lowest BCUT2D eigenvalue weighted by Crippen LogP contribution is -2.09. The molecule has 3 nitrogen and oxygen atoms in total. The summed E-state index contributed by atoms with van der Waals surface area (Å²) in [6.07, 6.45) is 2.68. The van der Waals surface area contributed by atoms with E-state index >= 15 is 0 Å². The zero-order chi connectivity index (χ0) is 11.1. The number of rotatable bonds is 3. The van der Waals surface area contributed by atoms with Crippen LogP contribution in [0.15, 0.2) is 54.6 Å². The maximum Gasteiger partial charge on any atom is 0.354 e. The van der Waals surface area contributed by atoms with Gasteiger partial charge in [0.1, 0.15) is 17.4 Å². The largest absolute Gasteiger partial charge is 0.422 e. The number of nitrogens with zero attached hydrogens (tertiary/aromatic N) is 1. The second-order valence-electron chi connectivity index (χ2n) is 2.63. The predicted octanol–water partition coefficient (Wildman–Crippen LogP) is 2.23. The molecule has 0 saturated heterocycles. The second-order valence-corrected chi connectivity index (χ2v) is 2.63. The molecule has 0 N–H and O–H groups in total. The number of carbonyl (C=O) groups is 1. The van der Waals surface area contributed by atoms with Gasteiger partial charge in [-0.25, -0.2) is 4.79 Å². The summed E-state index contributed by atoms with van der Waals surface area (Å²) in [6, 6.07) is 10.3. The first-order valence-corrected chi connectivity index (χ1v) is 4.28. The average molecular weight is 199 g/mol. The maximum atomic E-state index is 11.4. The Bertz CT molecular complexity index is 427. The molecule has 0 aliphatic carbocycles. The normalized spacial score (nSPS) is 10.2. The highest BCUT2D eigenvalue weighted by Crippen LogP contribution is 2.10. The summed E-state index contributed by atoms with van der Waals surface area (Å²) >= 11 is 0. The van der Waals surface area contributed by atoms with E-state index in [1.54, 1.807) is 30.3 Å². The summed E-state index contributed by atoms with van der Waals surface area (Å²) in [5, 5.41) is 8.64. The van der Waals surface area contributed by atoms with Crippen molar-refractivity contribution < 1.29 is 9.53 Å². The van der Waals surface area contributed by atoms with Crippen LogP contribution < -0.4 is 4.74 Å². The lowest BCUT2D eigenvalue weighted by atomic mass is 10.3. The number of nitriles is 1. The molecule has 0 saturated carbocycles. The van der Waals surface area contributed by atoms with Gasteiger partial charge in [-0.1, -0.05) is 30.9 Å². The fourth-order valence-electron chi connectivity index (χ4n) is 0.919. The summed E-state index contributed by atoms with van der Waals surface area (Å²) < 4.78 is 4.94. The molecule has 15 heavy (non-hydrogen) atoms. The summed E-state index contributed by atoms with van der Waals surface area (Å²) in [5.74, 6) is -0.267. The highest BCUT2D eigenvalue weighted by atomic mass is 16.5. The number of hydrogen-bond donors (Lipinski definition) is 0. The van der Waals surface area contributed by atoms with E-state index in [4.69, 9.17) is 10.00 Å². The van der Waals surface area contributed by atoms with Crippen LogP contribution in [0.25, 0.3) is 0 Å². The van der Waals surface area contributed by atoms with Gasteiger partial charge in [-0.15, -0.1) is 0 Å². The van der Waals surface area contributed by atoms with E-state index in [0.717, 1.165) is 0 Å². The molecule has 0 aliphatic rings. The third-order valence-electron chi connectivity index (χ3n) is 1.58. The third-order valence-corrected chi connectivity index (χ3v) is 1.58. The quantitative estimate of drug-likeness (QED) is 0.246. The van der Waals surface area contributed by atoms with Crippen LogP contribution in [-0.4, -0.2) is 5.97 Å². The van der Waals surface area contributed by atoms with Crippen LogP contribution in [0, 0.1) is 11.3 Å². The van der Waals surface area contributed by atoms with Crippen molar-refractivity contribution >= 4 is 5.97 Å². The molecule has 1 rings (SSSR count). The monoisotopic (exact) mass is 199 g/mol. The number of carbonyl (C=O) groups excluding carboxylic acids is 1. The first-order chi connectivity index (χ1) is 7.27. The molecule has 1 aromatic carbocycles. The molecular formula is C12H9NO2. The van der Waals surface area contributed by atoms with Gasteiger partial charge in [-0.05, 0) is 18.2 Å². The molecule has 0 amide bonds. The Labute approximate surface area is 87.9 Å². The molecule has 0 aromatic heterocycles. The van der Waals surface area contributed by atoms with E-state index in [2.05, 4.69) is 6.58 Å². The summed E-state index contributed by atoms with van der Waals surface area (Å²) in [5.41, 5.74) is -0.0751. The van der Waals surface area contributed by atoms with Crippen LogP contribution in [0.3, 0.4) is 0 Å². The Hall–Kier alpha value is -2.34. The Balaban J connectivity index is 2.76. The van der Waals surface area contributed by atoms with Crippen LogP contribution in [0.4, 0.5) is 0 Å². The number of ether oxygens (including phenoxy) is 1. The molecule has 0 radical (unpaired) electrons. The lowest BCUT2D eigenvalue weighted by Gasteiger charge is -2.01. The van der Waals surface area contributed by atoms with Gasteiger partial charge >= 0.3 is 5.97 Å². The molecule has 0 atom stereocenters. The molecular weight excluding hydrogens is 190 g/mol. The molecule has 0 bridgehead atoms. The van der Waals surface area contributed by atoms with Gasteiger partial charge in [-0.2, -0.15) is 5.26 Å². The van der Waals surface area contributed by atoms with Crippen LogP contribution in [0.1, 0.15) is 0 Å². The van der Waals surface area contributed by atoms with Crippen molar-refractivity contribution in [1.82, 2.24) is 0 Å². The Morgan fingerprint density at radius 3 is 2.60 bits per heavy atom. The zero-order valence-corrected chi connectivity index (χ0v) is 8.01. The minimum atomic E-state index is -0.677. The zero-order valence-electron chi connectivity index (χ0n) is 8.01. The van der Waals surface area contributed by atoms with E-state index in [1.165, 1.54) is 12.2 Å². The minimum absolute atomic E-state index is 0.0751. The molecule has 0 aliphatic heterocycles. The topological polar surface area (TPSA) is 50.1 Å². The first-order valence-electron chi connectivity index (χ1n) is 4.28. The van der Waals surface area contributed by atoms with Crippen molar-refractivity contribution in [2.24, 2.45) is 0 Å². The SMILES string of the molecule is C=CC=C(C#N)C(=O)Oc1ccccc1. The molecule has 3 heteroatoms. The van der Waals surface area contributed by atoms with Gasteiger partial charge in [-0.3, -0.25) is 0 Å². The van der Waals surface area contributed by atoms with Crippen LogP contribution in [-0.2, 0) is 4.79 Å². The van der Waals surface area contributed by atoms with Crippen molar-refractivity contribution in [3.05, 3.63) is 54.6 Å². The molecule has 0 fully saturated rings. The van der Waals surface area contributed by atoms with E-state index in [1.807, 2.05) is 6.07 Å². The highest BCUT2D eigenvalue weighted by molar-refractivity contribution is 5.94. The minimum Gasteiger partial charge on any atom is -0.422 e. The molecule has 1 aromatic rings. The number of hydrogen-bond acceptors (Lipinski definition) is 3. The van der Waals surface area contributed by atoms with Crippen LogP contribution >= 0.6 is 0 Å². The number of allylic oxidation sites excluding steroid dienone is 2. The number of benzene rings is 1. The van der Waals surface area contributed by atoms with Gasteiger partial charge < -0.3 is 4.74 Å². The van der Waals surface area contributed by atoms with E-state index in [9.17, 15) is 4.79 Å². The molecule has 0 unspecified atom stereocenters. The van der Waals surface area contributed by atoms with E-state index < -0.39 is 5.97 Å².